The number of hydrogen-bond acceptors (Lipinski definition) is 5. The Morgan fingerprint density at radius 2 is 1.86 bits per heavy atom. The molecule has 0 aliphatic heterocycles. The summed E-state index contributed by atoms with van der Waals surface area (Å²) in [6.07, 6.45) is -4.60. The van der Waals surface area contributed by atoms with E-state index in [4.69, 9.17) is 16.3 Å². The van der Waals surface area contributed by atoms with Gasteiger partial charge in [-0.15, -0.1) is 0 Å². The third kappa shape index (κ3) is 4.88. The number of hydrogen-bond donors (Lipinski definition) is 2. The maximum absolute atomic E-state index is 12.7. The largest absolute Gasteiger partial charge is 0.456 e. The second-order valence-electron chi connectivity index (χ2n) is 5.21. The van der Waals surface area contributed by atoms with Crippen LogP contribution in [0.1, 0.15) is 15.9 Å². The maximum atomic E-state index is 12.7. The standard InChI is InChI=1S/C16H11ClF3N3O5/c1-21-15(25)22-14(24)10-7-9(3-4-12(10)23(26)27)28-13-5-2-8(6-11(13)17)16(18,19)20/h2-7H,1H3,(H2,21,22,24,25). The minimum Gasteiger partial charge on any atom is -0.456 e. The molecule has 8 nitrogen and oxygen atoms in total. The Bertz CT molecular complexity index is 950. The first-order valence-electron chi connectivity index (χ1n) is 7.39. The molecule has 3 amide bonds. The van der Waals surface area contributed by atoms with Crippen LogP contribution in [-0.2, 0) is 6.18 Å². The molecule has 0 radical (unpaired) electrons. The zero-order valence-corrected chi connectivity index (χ0v) is 14.7. The Balaban J connectivity index is 2.37. The summed E-state index contributed by atoms with van der Waals surface area (Å²) >= 11 is 5.79. The summed E-state index contributed by atoms with van der Waals surface area (Å²) < 4.78 is 43.4. The summed E-state index contributed by atoms with van der Waals surface area (Å²) in [6.45, 7) is 0. The fraction of sp³-hybridized carbons (Fsp3) is 0.125. The number of nitrogens with one attached hydrogen (secondary N) is 2. The van der Waals surface area contributed by atoms with Gasteiger partial charge in [-0.25, -0.2) is 4.79 Å². The van der Waals surface area contributed by atoms with Crippen LogP contribution in [0, 0.1) is 10.1 Å². The molecule has 2 aromatic carbocycles. The van der Waals surface area contributed by atoms with Crippen LogP contribution in [0.15, 0.2) is 36.4 Å². The van der Waals surface area contributed by atoms with Crippen LogP contribution in [-0.4, -0.2) is 23.9 Å². The van der Waals surface area contributed by atoms with E-state index in [9.17, 15) is 32.9 Å². The van der Waals surface area contributed by atoms with E-state index in [-0.39, 0.29) is 16.5 Å². The number of nitrogens with zero attached hydrogens (tertiary/aromatic N) is 1. The van der Waals surface area contributed by atoms with Crippen molar-refractivity contribution in [3.63, 3.8) is 0 Å². The van der Waals surface area contributed by atoms with E-state index < -0.39 is 39.9 Å². The van der Waals surface area contributed by atoms with Gasteiger partial charge in [0, 0.05) is 19.2 Å². The summed E-state index contributed by atoms with van der Waals surface area (Å²) in [5.41, 5.74) is -2.08. The number of alkyl halides is 3. The van der Waals surface area contributed by atoms with Crippen molar-refractivity contribution in [2.45, 2.75) is 6.18 Å². The SMILES string of the molecule is CNC(=O)NC(=O)c1cc(Oc2ccc(C(F)(F)F)cc2Cl)ccc1[N+](=O)[O-]. The highest BCUT2D eigenvalue weighted by molar-refractivity contribution is 6.32. The zero-order chi connectivity index (χ0) is 21.1. The monoisotopic (exact) mass is 417 g/mol. The van der Waals surface area contributed by atoms with Gasteiger partial charge in [0.15, 0.2) is 0 Å². The second kappa shape index (κ2) is 8.13. The average Bonchev–Trinajstić information content (AvgIpc) is 2.62. The Labute approximate surface area is 160 Å². The lowest BCUT2D eigenvalue weighted by Gasteiger charge is -2.12. The maximum Gasteiger partial charge on any atom is 0.416 e. The van der Waals surface area contributed by atoms with Gasteiger partial charge in [0.05, 0.1) is 15.5 Å². The number of halogens is 4. The van der Waals surface area contributed by atoms with Gasteiger partial charge in [-0.1, -0.05) is 11.6 Å². The van der Waals surface area contributed by atoms with Gasteiger partial charge in [-0.05, 0) is 24.3 Å². The molecular weight excluding hydrogens is 407 g/mol. The van der Waals surface area contributed by atoms with Crippen molar-refractivity contribution >= 4 is 29.2 Å². The molecule has 0 unspecified atom stereocenters. The normalized spacial score (nSPS) is 10.9. The molecule has 0 aliphatic carbocycles. The van der Waals surface area contributed by atoms with Crippen LogP contribution in [0.4, 0.5) is 23.7 Å². The first kappa shape index (κ1) is 21.0. The number of carbonyl (C=O) groups excluding carboxylic acids is 2. The molecule has 0 aromatic heterocycles. The molecule has 0 bridgehead atoms. The van der Waals surface area contributed by atoms with Gasteiger partial charge in [0.2, 0.25) is 0 Å². The first-order chi connectivity index (χ1) is 13.0. The molecule has 0 saturated heterocycles. The highest BCUT2D eigenvalue weighted by Gasteiger charge is 2.31. The summed E-state index contributed by atoms with van der Waals surface area (Å²) in [5, 5.41) is 14.7. The molecule has 0 aliphatic rings. The zero-order valence-electron chi connectivity index (χ0n) is 14.0. The molecule has 2 N–H and O–H groups in total. The summed E-state index contributed by atoms with van der Waals surface area (Å²) in [7, 11) is 1.24. The van der Waals surface area contributed by atoms with Crippen LogP contribution in [0.3, 0.4) is 0 Å². The van der Waals surface area contributed by atoms with Crippen molar-refractivity contribution in [1.82, 2.24) is 10.6 Å². The first-order valence-corrected chi connectivity index (χ1v) is 7.77. The van der Waals surface area contributed by atoms with Crippen LogP contribution >= 0.6 is 11.6 Å². The molecule has 0 spiro atoms. The lowest BCUT2D eigenvalue weighted by Crippen LogP contribution is -2.37. The summed E-state index contributed by atoms with van der Waals surface area (Å²) in [6, 6.07) is 4.51. The number of carbonyl (C=O) groups is 2. The Hall–Kier alpha value is -3.34. The lowest BCUT2D eigenvalue weighted by molar-refractivity contribution is -0.385. The predicted octanol–water partition coefficient (Wildman–Crippen LogP) is 4.13. The average molecular weight is 418 g/mol. The summed E-state index contributed by atoms with van der Waals surface area (Å²) in [5.74, 6) is -1.36. The van der Waals surface area contributed by atoms with Gasteiger partial charge in [0.25, 0.3) is 11.6 Å². The third-order valence-corrected chi connectivity index (χ3v) is 3.65. The Morgan fingerprint density at radius 1 is 1.18 bits per heavy atom. The number of nitro groups is 1. The summed E-state index contributed by atoms with van der Waals surface area (Å²) in [4.78, 5) is 33.6. The number of urea groups is 1. The highest BCUT2D eigenvalue weighted by Crippen LogP contribution is 2.37. The van der Waals surface area contributed by atoms with Crippen molar-refractivity contribution in [1.29, 1.82) is 0 Å². The van der Waals surface area contributed by atoms with Crippen LogP contribution in [0.2, 0.25) is 5.02 Å². The van der Waals surface area contributed by atoms with E-state index >= 15 is 0 Å². The van der Waals surface area contributed by atoms with Gasteiger partial charge in [0.1, 0.15) is 17.1 Å². The Kier molecular flexibility index (Phi) is 6.09. The van der Waals surface area contributed by atoms with Gasteiger partial charge in [-0.2, -0.15) is 13.2 Å². The molecule has 2 aromatic rings. The van der Waals surface area contributed by atoms with Crippen LogP contribution in [0.5, 0.6) is 11.5 Å². The minimum atomic E-state index is -4.60. The van der Waals surface area contributed by atoms with Crippen molar-refractivity contribution in [3.05, 3.63) is 62.7 Å². The van der Waals surface area contributed by atoms with Crippen molar-refractivity contribution in [3.8, 4) is 11.5 Å². The van der Waals surface area contributed by atoms with Crippen LogP contribution < -0.4 is 15.4 Å². The number of benzene rings is 2. The highest BCUT2D eigenvalue weighted by atomic mass is 35.5. The van der Waals surface area contributed by atoms with E-state index in [1.54, 1.807) is 0 Å². The van der Waals surface area contributed by atoms with Gasteiger partial charge < -0.3 is 10.1 Å². The van der Waals surface area contributed by atoms with Gasteiger partial charge in [-0.3, -0.25) is 20.2 Å². The number of nitro benzene ring substituents is 1. The second-order valence-corrected chi connectivity index (χ2v) is 5.62. The number of amides is 3. The minimum absolute atomic E-state index is 0.116. The smallest absolute Gasteiger partial charge is 0.416 e. The molecule has 12 heteroatoms. The molecule has 0 fully saturated rings. The fourth-order valence-corrected chi connectivity index (χ4v) is 2.26. The molecule has 2 rings (SSSR count). The van der Waals surface area contributed by atoms with E-state index in [2.05, 4.69) is 5.32 Å². The quantitative estimate of drug-likeness (QED) is 0.574. The number of imide groups is 1. The van der Waals surface area contributed by atoms with Crippen molar-refractivity contribution in [2.24, 2.45) is 0 Å². The van der Waals surface area contributed by atoms with Crippen molar-refractivity contribution < 1.29 is 32.4 Å². The Morgan fingerprint density at radius 3 is 2.39 bits per heavy atom. The van der Waals surface area contributed by atoms with E-state index in [0.717, 1.165) is 30.3 Å². The lowest BCUT2D eigenvalue weighted by atomic mass is 10.1. The number of rotatable bonds is 4. The molecule has 148 valence electrons. The molecule has 0 heterocycles. The fourth-order valence-electron chi connectivity index (χ4n) is 2.04. The van der Waals surface area contributed by atoms with E-state index in [1.807, 2.05) is 5.32 Å². The van der Waals surface area contributed by atoms with Gasteiger partial charge >= 0.3 is 12.2 Å². The third-order valence-electron chi connectivity index (χ3n) is 3.35. The molecule has 0 atom stereocenters. The van der Waals surface area contributed by atoms with Crippen molar-refractivity contribution in [2.75, 3.05) is 7.05 Å². The van der Waals surface area contributed by atoms with E-state index in [0.29, 0.717) is 6.07 Å². The van der Waals surface area contributed by atoms with Crippen LogP contribution in [0.25, 0.3) is 0 Å². The molecule has 28 heavy (non-hydrogen) atoms. The predicted molar refractivity (Wildman–Crippen MR) is 91.5 cm³/mol. The topological polar surface area (TPSA) is 111 Å². The molecule has 0 saturated carbocycles. The van der Waals surface area contributed by atoms with E-state index in [1.165, 1.54) is 7.05 Å². The molecular formula is C16H11ClF3N3O5. The number of ether oxygens (including phenoxy) is 1.